The minimum absolute atomic E-state index is 0.611. The molecule has 0 fully saturated rings. The number of aliphatic hydroxyl groups is 1. The third-order valence-corrected chi connectivity index (χ3v) is 3.55. The van der Waals surface area contributed by atoms with Gasteiger partial charge in [0.15, 0.2) is 5.60 Å². The van der Waals surface area contributed by atoms with Gasteiger partial charge in [-0.05, 0) is 32.0 Å². The van der Waals surface area contributed by atoms with Crippen LogP contribution in [0.25, 0.3) is 0 Å². The minimum Gasteiger partial charge on any atom is -0.484 e. The van der Waals surface area contributed by atoms with Gasteiger partial charge < -0.3 is 9.84 Å². The molecule has 1 aromatic heterocycles. The van der Waals surface area contributed by atoms with E-state index < -0.39 is 11.2 Å². The summed E-state index contributed by atoms with van der Waals surface area (Å²) in [6.45, 7) is 3.75. The lowest BCUT2D eigenvalue weighted by molar-refractivity contribution is -0.0668. The molecule has 2 aromatic rings. The number of hydrogen-bond acceptors (Lipinski definition) is 3. The van der Waals surface area contributed by atoms with Gasteiger partial charge in [0, 0.05) is 11.8 Å². The smallest absolute Gasteiger partial charge is 0.174 e. The van der Waals surface area contributed by atoms with E-state index in [9.17, 15) is 5.11 Å². The molecule has 18 heavy (non-hydrogen) atoms. The predicted octanol–water partition coefficient (Wildman–Crippen LogP) is 2.49. The largest absolute Gasteiger partial charge is 0.484 e. The molecule has 3 heteroatoms. The lowest BCUT2D eigenvalue weighted by Gasteiger charge is -2.34. The number of aromatic nitrogens is 1. The summed E-state index contributed by atoms with van der Waals surface area (Å²) in [5.74, 6) is 0.718. The fourth-order valence-corrected chi connectivity index (χ4v) is 2.55. The van der Waals surface area contributed by atoms with Gasteiger partial charge in [-0.25, -0.2) is 0 Å². The molecule has 0 bridgehead atoms. The summed E-state index contributed by atoms with van der Waals surface area (Å²) in [6, 6.07) is 13.1. The summed E-state index contributed by atoms with van der Waals surface area (Å²) < 4.78 is 5.87. The van der Waals surface area contributed by atoms with Crippen LogP contribution in [-0.2, 0) is 5.60 Å². The highest BCUT2D eigenvalue weighted by Gasteiger charge is 2.55. The van der Waals surface area contributed by atoms with E-state index in [0.29, 0.717) is 5.69 Å². The van der Waals surface area contributed by atoms with Crippen LogP contribution in [0.2, 0.25) is 0 Å². The molecule has 92 valence electrons. The average molecular weight is 241 g/mol. The van der Waals surface area contributed by atoms with Crippen LogP contribution in [0, 0.1) is 0 Å². The zero-order chi connectivity index (χ0) is 12.8. The average Bonchev–Trinajstić information content (AvgIpc) is 2.59. The summed E-state index contributed by atoms with van der Waals surface area (Å²) in [5, 5.41) is 11.2. The first-order valence-corrected chi connectivity index (χ1v) is 5.98. The SMILES string of the molecule is CC1(C)Oc2ccccc2C1(O)c1ccccn1. The van der Waals surface area contributed by atoms with Crippen molar-refractivity contribution in [2.45, 2.75) is 25.0 Å². The van der Waals surface area contributed by atoms with E-state index in [4.69, 9.17) is 4.74 Å². The second kappa shape index (κ2) is 3.56. The van der Waals surface area contributed by atoms with E-state index in [2.05, 4.69) is 4.98 Å². The first-order chi connectivity index (χ1) is 8.56. The molecule has 1 N–H and O–H groups in total. The fourth-order valence-electron chi connectivity index (χ4n) is 2.55. The Kier molecular flexibility index (Phi) is 2.22. The zero-order valence-electron chi connectivity index (χ0n) is 10.4. The second-order valence-corrected chi connectivity index (χ2v) is 5.03. The monoisotopic (exact) mass is 241 g/mol. The zero-order valence-corrected chi connectivity index (χ0v) is 10.4. The molecule has 0 saturated carbocycles. The molecule has 3 rings (SSSR count). The minimum atomic E-state index is -1.22. The van der Waals surface area contributed by atoms with E-state index in [1.807, 2.05) is 56.3 Å². The Morgan fingerprint density at radius 2 is 1.78 bits per heavy atom. The van der Waals surface area contributed by atoms with E-state index in [1.54, 1.807) is 6.20 Å². The highest BCUT2D eigenvalue weighted by molar-refractivity contribution is 5.49. The van der Waals surface area contributed by atoms with Crippen LogP contribution in [0.3, 0.4) is 0 Å². The summed E-state index contributed by atoms with van der Waals surface area (Å²) >= 11 is 0. The van der Waals surface area contributed by atoms with Gasteiger partial charge in [-0.2, -0.15) is 0 Å². The Hall–Kier alpha value is -1.87. The summed E-state index contributed by atoms with van der Waals surface area (Å²) in [4.78, 5) is 4.30. The topological polar surface area (TPSA) is 42.4 Å². The van der Waals surface area contributed by atoms with Crippen molar-refractivity contribution in [2.75, 3.05) is 0 Å². The lowest BCUT2D eigenvalue weighted by atomic mass is 9.79. The van der Waals surface area contributed by atoms with Crippen LogP contribution in [0.1, 0.15) is 25.1 Å². The van der Waals surface area contributed by atoms with Crippen molar-refractivity contribution in [1.82, 2.24) is 4.98 Å². The van der Waals surface area contributed by atoms with Crippen molar-refractivity contribution in [3.63, 3.8) is 0 Å². The van der Waals surface area contributed by atoms with Crippen LogP contribution in [0.4, 0.5) is 0 Å². The maximum Gasteiger partial charge on any atom is 0.174 e. The molecule has 2 heterocycles. The number of fused-ring (bicyclic) bond motifs is 1. The van der Waals surface area contributed by atoms with Gasteiger partial charge in [-0.15, -0.1) is 0 Å². The van der Waals surface area contributed by atoms with E-state index >= 15 is 0 Å². The Bertz CT molecular complexity index is 580. The maximum absolute atomic E-state index is 11.2. The van der Waals surface area contributed by atoms with Crippen LogP contribution in [0.5, 0.6) is 5.75 Å². The summed E-state index contributed by atoms with van der Waals surface area (Å²) in [7, 11) is 0. The number of rotatable bonds is 1. The highest BCUT2D eigenvalue weighted by Crippen LogP contribution is 2.50. The quantitative estimate of drug-likeness (QED) is 0.834. The summed E-state index contributed by atoms with van der Waals surface area (Å²) in [6.07, 6.45) is 1.68. The van der Waals surface area contributed by atoms with Gasteiger partial charge in [0.1, 0.15) is 11.4 Å². The third-order valence-electron chi connectivity index (χ3n) is 3.55. The molecule has 0 spiro atoms. The third kappa shape index (κ3) is 1.31. The number of ether oxygens (including phenoxy) is 1. The molecule has 0 amide bonds. The van der Waals surface area contributed by atoms with Crippen LogP contribution >= 0.6 is 0 Å². The van der Waals surface area contributed by atoms with Gasteiger partial charge in [-0.1, -0.05) is 24.3 Å². The van der Waals surface area contributed by atoms with Gasteiger partial charge in [0.05, 0.1) is 5.69 Å². The molecular weight excluding hydrogens is 226 g/mol. The van der Waals surface area contributed by atoms with Crippen molar-refractivity contribution in [3.05, 3.63) is 59.9 Å². The molecule has 0 saturated heterocycles. The first-order valence-electron chi connectivity index (χ1n) is 5.98. The molecule has 1 unspecified atom stereocenters. The predicted molar refractivity (Wildman–Crippen MR) is 68.4 cm³/mol. The molecule has 0 radical (unpaired) electrons. The van der Waals surface area contributed by atoms with Crippen LogP contribution in [-0.4, -0.2) is 15.7 Å². The number of pyridine rings is 1. The Balaban J connectivity index is 2.26. The van der Waals surface area contributed by atoms with Gasteiger partial charge in [-0.3, -0.25) is 4.98 Å². The second-order valence-electron chi connectivity index (χ2n) is 5.03. The summed E-state index contributed by atoms with van der Waals surface area (Å²) in [5.41, 5.74) is -0.579. The van der Waals surface area contributed by atoms with Crippen LogP contribution < -0.4 is 4.74 Å². The molecule has 1 atom stereocenters. The fraction of sp³-hybridized carbons (Fsp3) is 0.267. The molecular formula is C15H15NO2. The molecule has 3 nitrogen and oxygen atoms in total. The van der Waals surface area contributed by atoms with E-state index in [1.165, 1.54) is 0 Å². The van der Waals surface area contributed by atoms with Gasteiger partial charge in [0.2, 0.25) is 0 Å². The van der Waals surface area contributed by atoms with Gasteiger partial charge >= 0.3 is 0 Å². The van der Waals surface area contributed by atoms with Crippen molar-refractivity contribution in [3.8, 4) is 5.75 Å². The normalized spacial score (nSPS) is 24.4. The van der Waals surface area contributed by atoms with Crippen molar-refractivity contribution < 1.29 is 9.84 Å². The Morgan fingerprint density at radius 1 is 1.06 bits per heavy atom. The van der Waals surface area contributed by atoms with Crippen molar-refractivity contribution in [2.24, 2.45) is 0 Å². The maximum atomic E-state index is 11.2. The van der Waals surface area contributed by atoms with E-state index in [-0.39, 0.29) is 0 Å². The highest BCUT2D eigenvalue weighted by atomic mass is 16.5. The molecule has 1 aliphatic rings. The first kappa shape index (κ1) is 11.2. The standard InChI is InChI=1S/C15H15NO2/c1-14(2)15(17,13-9-5-6-10-16-13)11-7-3-4-8-12(11)18-14/h3-10,17H,1-2H3. The van der Waals surface area contributed by atoms with Crippen molar-refractivity contribution in [1.29, 1.82) is 0 Å². The molecule has 1 aliphatic heterocycles. The Morgan fingerprint density at radius 3 is 2.50 bits per heavy atom. The molecule has 0 aliphatic carbocycles. The number of hydrogen-bond donors (Lipinski definition) is 1. The molecule has 1 aromatic carbocycles. The lowest BCUT2D eigenvalue weighted by Crippen LogP contribution is -2.48. The van der Waals surface area contributed by atoms with Crippen LogP contribution in [0.15, 0.2) is 48.7 Å². The van der Waals surface area contributed by atoms with Crippen molar-refractivity contribution >= 4 is 0 Å². The Labute approximate surface area is 106 Å². The van der Waals surface area contributed by atoms with E-state index in [0.717, 1.165) is 11.3 Å². The number of para-hydroxylation sites is 1. The number of nitrogens with zero attached hydrogens (tertiary/aromatic N) is 1. The van der Waals surface area contributed by atoms with Gasteiger partial charge in [0.25, 0.3) is 0 Å². The number of benzene rings is 1.